The molecule has 3 aromatic rings. The lowest BCUT2D eigenvalue weighted by molar-refractivity contribution is 0.182. The molecule has 1 N–H and O–H groups in total. The minimum atomic E-state index is -0.809. The summed E-state index contributed by atoms with van der Waals surface area (Å²) in [6.45, 7) is 0. The first-order chi connectivity index (χ1) is 8.66. The van der Waals surface area contributed by atoms with Crippen LogP contribution in [-0.2, 0) is 7.05 Å². The van der Waals surface area contributed by atoms with Crippen LogP contribution < -0.4 is 0 Å². The maximum Gasteiger partial charge on any atom is 0.153 e. The van der Waals surface area contributed by atoms with Gasteiger partial charge in [0, 0.05) is 18.6 Å². The Morgan fingerprint density at radius 3 is 2.89 bits per heavy atom. The number of rotatable bonds is 2. The Labute approximate surface area is 112 Å². The topological polar surface area (TPSA) is 51.2 Å². The zero-order valence-electron chi connectivity index (χ0n) is 9.67. The number of hydrogen-bond donors (Lipinski definition) is 1. The Kier molecular flexibility index (Phi) is 2.72. The van der Waals surface area contributed by atoms with Gasteiger partial charge in [-0.2, -0.15) is 5.10 Å². The van der Waals surface area contributed by atoms with Gasteiger partial charge in [0.15, 0.2) is 6.10 Å². The standard InChI is InChI=1S/C13H11BrN2O2/c1-16-10(5-6-15-16)12(17)11-7-8-3-2-4-9(14)13(8)18-11/h2-7,12,17H,1H3. The fraction of sp³-hybridized carbons (Fsp3) is 0.154. The highest BCUT2D eigenvalue weighted by molar-refractivity contribution is 9.10. The third-order valence-electron chi connectivity index (χ3n) is 2.92. The molecule has 0 saturated heterocycles. The van der Waals surface area contributed by atoms with Gasteiger partial charge in [-0.3, -0.25) is 4.68 Å². The first kappa shape index (κ1) is 11.5. The molecule has 0 spiro atoms. The van der Waals surface area contributed by atoms with Crippen molar-refractivity contribution < 1.29 is 9.52 Å². The molecule has 1 atom stereocenters. The van der Waals surface area contributed by atoms with Gasteiger partial charge in [0.1, 0.15) is 11.3 Å². The molecule has 1 unspecified atom stereocenters. The molecule has 5 heteroatoms. The molecule has 0 amide bonds. The van der Waals surface area contributed by atoms with E-state index in [1.807, 2.05) is 24.3 Å². The van der Waals surface area contributed by atoms with E-state index in [4.69, 9.17) is 4.42 Å². The molecule has 3 rings (SSSR count). The number of benzene rings is 1. The van der Waals surface area contributed by atoms with Gasteiger partial charge in [-0.1, -0.05) is 12.1 Å². The number of furan rings is 1. The lowest BCUT2D eigenvalue weighted by Gasteiger charge is -2.07. The zero-order valence-corrected chi connectivity index (χ0v) is 11.3. The van der Waals surface area contributed by atoms with Gasteiger partial charge in [0.2, 0.25) is 0 Å². The quantitative estimate of drug-likeness (QED) is 0.792. The summed E-state index contributed by atoms with van der Waals surface area (Å²) < 4.78 is 8.21. The Morgan fingerprint density at radius 1 is 1.39 bits per heavy atom. The lowest BCUT2D eigenvalue weighted by atomic mass is 10.2. The second-order valence-corrected chi connectivity index (χ2v) is 4.94. The van der Waals surface area contributed by atoms with E-state index in [1.54, 1.807) is 24.0 Å². The van der Waals surface area contributed by atoms with Crippen LogP contribution in [0, 0.1) is 0 Å². The fourth-order valence-corrected chi connectivity index (χ4v) is 2.44. The van der Waals surface area contributed by atoms with Gasteiger partial charge in [-0.15, -0.1) is 0 Å². The summed E-state index contributed by atoms with van der Waals surface area (Å²) in [5.41, 5.74) is 1.44. The van der Waals surface area contributed by atoms with E-state index < -0.39 is 6.10 Å². The van der Waals surface area contributed by atoms with Crippen molar-refractivity contribution in [3.63, 3.8) is 0 Å². The Balaban J connectivity index is 2.10. The Bertz CT molecular complexity index is 702. The van der Waals surface area contributed by atoms with Crippen LogP contribution in [-0.4, -0.2) is 14.9 Å². The van der Waals surface area contributed by atoms with Crippen LogP contribution >= 0.6 is 15.9 Å². The molecule has 2 aromatic heterocycles. The van der Waals surface area contributed by atoms with Gasteiger partial charge < -0.3 is 9.52 Å². The van der Waals surface area contributed by atoms with E-state index in [9.17, 15) is 5.11 Å². The summed E-state index contributed by atoms with van der Waals surface area (Å²) in [5, 5.41) is 15.3. The molecule has 2 heterocycles. The first-order valence-electron chi connectivity index (χ1n) is 5.51. The number of aromatic nitrogens is 2. The summed E-state index contributed by atoms with van der Waals surface area (Å²) in [6, 6.07) is 9.40. The summed E-state index contributed by atoms with van der Waals surface area (Å²) in [6.07, 6.45) is 0.841. The number of fused-ring (bicyclic) bond motifs is 1. The molecule has 0 saturated carbocycles. The number of aliphatic hydroxyl groups is 1. The molecule has 0 radical (unpaired) electrons. The Morgan fingerprint density at radius 2 is 2.22 bits per heavy atom. The van der Waals surface area contributed by atoms with Crippen molar-refractivity contribution >= 4 is 26.9 Å². The van der Waals surface area contributed by atoms with Crippen molar-refractivity contribution in [3.05, 3.63) is 52.5 Å². The normalized spacial score (nSPS) is 13.1. The fourth-order valence-electron chi connectivity index (χ4n) is 1.98. The minimum Gasteiger partial charge on any atom is -0.457 e. The number of nitrogens with zero attached hydrogens (tertiary/aromatic N) is 2. The zero-order chi connectivity index (χ0) is 12.7. The third kappa shape index (κ3) is 1.76. The van der Waals surface area contributed by atoms with Crippen molar-refractivity contribution in [1.29, 1.82) is 0 Å². The van der Waals surface area contributed by atoms with Crippen LogP contribution in [0.15, 0.2) is 45.4 Å². The highest BCUT2D eigenvalue weighted by Crippen LogP contribution is 2.31. The second kappa shape index (κ2) is 4.26. The monoisotopic (exact) mass is 306 g/mol. The molecule has 0 aliphatic rings. The van der Waals surface area contributed by atoms with Crippen LogP contribution in [0.3, 0.4) is 0 Å². The summed E-state index contributed by atoms with van der Waals surface area (Å²) in [5.74, 6) is 0.514. The van der Waals surface area contributed by atoms with E-state index in [0.29, 0.717) is 11.5 Å². The van der Waals surface area contributed by atoms with Gasteiger partial charge in [-0.25, -0.2) is 0 Å². The number of para-hydroxylation sites is 1. The number of halogens is 1. The average Bonchev–Trinajstić information content (AvgIpc) is 2.95. The number of hydrogen-bond acceptors (Lipinski definition) is 3. The molecule has 1 aromatic carbocycles. The third-order valence-corrected chi connectivity index (χ3v) is 3.55. The maximum atomic E-state index is 10.3. The van der Waals surface area contributed by atoms with Crippen LogP contribution in [0.1, 0.15) is 17.6 Å². The highest BCUT2D eigenvalue weighted by Gasteiger charge is 2.19. The minimum absolute atomic E-state index is 0.514. The van der Waals surface area contributed by atoms with E-state index in [2.05, 4.69) is 21.0 Å². The van der Waals surface area contributed by atoms with Crippen LogP contribution in [0.25, 0.3) is 11.0 Å². The maximum absolute atomic E-state index is 10.3. The van der Waals surface area contributed by atoms with Crippen LogP contribution in [0.4, 0.5) is 0 Å². The van der Waals surface area contributed by atoms with E-state index in [-0.39, 0.29) is 0 Å². The molecule has 0 bridgehead atoms. The molecule has 18 heavy (non-hydrogen) atoms. The van der Waals surface area contributed by atoms with E-state index in [1.165, 1.54) is 0 Å². The van der Waals surface area contributed by atoms with Crippen molar-refractivity contribution in [1.82, 2.24) is 9.78 Å². The average molecular weight is 307 g/mol. The molecule has 0 aliphatic carbocycles. The second-order valence-electron chi connectivity index (χ2n) is 4.09. The predicted octanol–water partition coefficient (Wildman–Crippen LogP) is 3.01. The van der Waals surface area contributed by atoms with E-state index >= 15 is 0 Å². The van der Waals surface area contributed by atoms with Crippen molar-refractivity contribution in [2.24, 2.45) is 7.05 Å². The van der Waals surface area contributed by atoms with Crippen LogP contribution in [0.2, 0.25) is 0 Å². The van der Waals surface area contributed by atoms with E-state index in [0.717, 1.165) is 15.4 Å². The van der Waals surface area contributed by atoms with Crippen LogP contribution in [0.5, 0.6) is 0 Å². The largest absolute Gasteiger partial charge is 0.457 e. The molecular formula is C13H11BrN2O2. The van der Waals surface area contributed by atoms with Crippen molar-refractivity contribution in [2.75, 3.05) is 0 Å². The van der Waals surface area contributed by atoms with Gasteiger partial charge in [0.25, 0.3) is 0 Å². The predicted molar refractivity (Wildman–Crippen MR) is 71.2 cm³/mol. The summed E-state index contributed by atoms with van der Waals surface area (Å²) >= 11 is 3.43. The summed E-state index contributed by atoms with van der Waals surface area (Å²) in [7, 11) is 1.79. The lowest BCUT2D eigenvalue weighted by Crippen LogP contribution is -2.05. The smallest absolute Gasteiger partial charge is 0.153 e. The molecular weight excluding hydrogens is 296 g/mol. The highest BCUT2D eigenvalue weighted by atomic mass is 79.9. The molecule has 0 aliphatic heterocycles. The first-order valence-corrected chi connectivity index (χ1v) is 6.30. The molecule has 4 nitrogen and oxygen atoms in total. The number of aliphatic hydroxyl groups excluding tert-OH is 1. The number of aryl methyl sites for hydroxylation is 1. The SMILES string of the molecule is Cn1nccc1C(O)c1cc2cccc(Br)c2o1. The molecule has 92 valence electrons. The van der Waals surface area contributed by atoms with Crippen molar-refractivity contribution in [2.45, 2.75) is 6.10 Å². The summed E-state index contributed by atoms with van der Waals surface area (Å²) in [4.78, 5) is 0. The van der Waals surface area contributed by atoms with Gasteiger partial charge in [0.05, 0.1) is 10.2 Å². The van der Waals surface area contributed by atoms with Crippen molar-refractivity contribution in [3.8, 4) is 0 Å². The van der Waals surface area contributed by atoms with Gasteiger partial charge >= 0.3 is 0 Å². The molecule has 0 fully saturated rings. The Hall–Kier alpha value is -1.59. The van der Waals surface area contributed by atoms with Gasteiger partial charge in [-0.05, 0) is 34.1 Å².